The van der Waals surface area contributed by atoms with Crippen LogP contribution in [0, 0.1) is 5.82 Å². The summed E-state index contributed by atoms with van der Waals surface area (Å²) in [5, 5.41) is 0. The van der Waals surface area contributed by atoms with Crippen LogP contribution in [0.4, 0.5) is 17.6 Å². The summed E-state index contributed by atoms with van der Waals surface area (Å²) in [4.78, 5) is 0. The lowest BCUT2D eigenvalue weighted by atomic mass is 10.1. The van der Waals surface area contributed by atoms with E-state index in [1.54, 1.807) is 0 Å². The van der Waals surface area contributed by atoms with Crippen molar-refractivity contribution in [2.45, 2.75) is 31.9 Å². The number of alkyl halides is 3. The molecule has 0 saturated carbocycles. The van der Waals surface area contributed by atoms with Gasteiger partial charge in [-0.1, -0.05) is 18.2 Å². The second-order valence-electron chi connectivity index (χ2n) is 5.27. The van der Waals surface area contributed by atoms with Crippen LogP contribution in [0.1, 0.15) is 38.3 Å². The Balaban J connectivity index is 3.47. The monoisotopic (exact) mass is 325 g/mol. The molecule has 118 valence electrons. The van der Waals surface area contributed by atoms with Gasteiger partial charge in [0.15, 0.2) is 0 Å². The first-order valence-corrected chi connectivity index (χ1v) is 7.41. The molecule has 0 aliphatic rings. The fourth-order valence-corrected chi connectivity index (χ4v) is 2.08. The molecule has 0 radical (unpaired) electrons. The Morgan fingerprint density at radius 3 is 2.29 bits per heavy atom. The van der Waals surface area contributed by atoms with Crippen LogP contribution in [-0.4, -0.2) is 25.6 Å². The molecule has 0 fully saturated rings. The zero-order valence-corrected chi connectivity index (χ0v) is 12.5. The van der Waals surface area contributed by atoms with E-state index < -0.39 is 50.5 Å². The average molecular weight is 325 g/mol. The van der Waals surface area contributed by atoms with Crippen LogP contribution in [0.3, 0.4) is 0 Å². The SMILES string of the molecule is CC(C)(C)S(=O)(=O)/N=C(\CF)c1cccc(C(F)F)c1F. The quantitative estimate of drug-likeness (QED) is 0.626. The minimum absolute atomic E-state index is 0.580. The van der Waals surface area contributed by atoms with Crippen molar-refractivity contribution in [2.24, 2.45) is 4.40 Å². The number of benzene rings is 1. The highest BCUT2D eigenvalue weighted by Crippen LogP contribution is 2.25. The summed E-state index contributed by atoms with van der Waals surface area (Å²) in [5.74, 6) is -1.37. The van der Waals surface area contributed by atoms with E-state index in [9.17, 15) is 26.0 Å². The minimum Gasteiger partial charge on any atom is -0.244 e. The molecule has 0 atom stereocenters. The molecule has 0 heterocycles. The van der Waals surface area contributed by atoms with E-state index in [2.05, 4.69) is 4.40 Å². The molecule has 0 amide bonds. The highest BCUT2D eigenvalue weighted by Gasteiger charge is 2.30. The maximum Gasteiger partial charge on any atom is 0.266 e. The fourth-order valence-electron chi connectivity index (χ4n) is 1.37. The number of hydrogen-bond acceptors (Lipinski definition) is 2. The summed E-state index contributed by atoms with van der Waals surface area (Å²) >= 11 is 0. The Morgan fingerprint density at radius 1 is 1.29 bits per heavy atom. The van der Waals surface area contributed by atoms with Gasteiger partial charge >= 0.3 is 0 Å². The number of hydrogen-bond donors (Lipinski definition) is 0. The number of sulfonamides is 1. The van der Waals surface area contributed by atoms with E-state index in [0.29, 0.717) is 0 Å². The second-order valence-corrected chi connectivity index (χ2v) is 7.63. The third-order valence-corrected chi connectivity index (χ3v) is 4.71. The topological polar surface area (TPSA) is 46.5 Å². The summed E-state index contributed by atoms with van der Waals surface area (Å²) < 4.78 is 77.9. The fraction of sp³-hybridized carbons (Fsp3) is 0.462. The van der Waals surface area contributed by atoms with Crippen LogP contribution in [0.2, 0.25) is 0 Å². The van der Waals surface area contributed by atoms with Crippen molar-refractivity contribution in [1.29, 1.82) is 0 Å². The van der Waals surface area contributed by atoms with E-state index in [0.717, 1.165) is 18.2 Å². The molecule has 0 saturated heterocycles. The van der Waals surface area contributed by atoms with Crippen molar-refractivity contribution < 1.29 is 26.0 Å². The van der Waals surface area contributed by atoms with Crippen LogP contribution in [-0.2, 0) is 10.0 Å². The zero-order valence-electron chi connectivity index (χ0n) is 11.7. The first-order chi connectivity index (χ1) is 9.51. The van der Waals surface area contributed by atoms with Gasteiger partial charge in [-0.2, -0.15) is 4.40 Å². The lowest BCUT2D eigenvalue weighted by Gasteiger charge is -2.16. The molecule has 0 N–H and O–H groups in total. The smallest absolute Gasteiger partial charge is 0.244 e. The molecule has 8 heteroatoms. The first kappa shape index (κ1) is 17.6. The van der Waals surface area contributed by atoms with Crippen molar-refractivity contribution in [2.75, 3.05) is 6.67 Å². The highest BCUT2D eigenvalue weighted by molar-refractivity contribution is 7.91. The third kappa shape index (κ3) is 3.81. The van der Waals surface area contributed by atoms with Crippen LogP contribution < -0.4 is 0 Å². The molecule has 3 nitrogen and oxygen atoms in total. The highest BCUT2D eigenvalue weighted by atomic mass is 32.2. The Bertz CT molecular complexity index is 649. The standard InChI is InChI=1S/C13H15F4NO2S/c1-13(2,3)21(19,20)18-10(7-14)8-5-4-6-9(11(8)15)12(16)17/h4-6,12H,7H2,1-3H3/b18-10+. The second kappa shape index (κ2) is 6.13. The summed E-state index contributed by atoms with van der Waals surface area (Å²) in [6, 6.07) is 2.95. The molecule has 0 aliphatic carbocycles. The normalized spacial score (nSPS) is 13.8. The van der Waals surface area contributed by atoms with Crippen LogP contribution in [0.15, 0.2) is 22.6 Å². The van der Waals surface area contributed by atoms with Gasteiger partial charge in [0.05, 0.1) is 16.0 Å². The summed E-state index contributed by atoms with van der Waals surface area (Å²) in [6.07, 6.45) is -3.09. The maximum atomic E-state index is 13.9. The molecule has 0 bridgehead atoms. The van der Waals surface area contributed by atoms with E-state index in [1.165, 1.54) is 20.8 Å². The molecular weight excluding hydrogens is 310 g/mol. The summed E-state index contributed by atoms with van der Waals surface area (Å²) in [7, 11) is -4.11. The largest absolute Gasteiger partial charge is 0.266 e. The van der Waals surface area contributed by atoms with E-state index in [1.807, 2.05) is 0 Å². The van der Waals surface area contributed by atoms with Gasteiger partial charge in [0.2, 0.25) is 0 Å². The van der Waals surface area contributed by atoms with Gasteiger partial charge in [-0.25, -0.2) is 26.0 Å². The molecule has 1 aromatic rings. The van der Waals surface area contributed by atoms with Gasteiger partial charge in [0.1, 0.15) is 12.5 Å². The van der Waals surface area contributed by atoms with Gasteiger partial charge in [0, 0.05) is 5.56 Å². The predicted molar refractivity (Wildman–Crippen MR) is 72.5 cm³/mol. The summed E-state index contributed by atoms with van der Waals surface area (Å²) in [6.45, 7) is 2.63. The van der Waals surface area contributed by atoms with Crippen molar-refractivity contribution in [1.82, 2.24) is 0 Å². The van der Waals surface area contributed by atoms with Crippen LogP contribution in [0.5, 0.6) is 0 Å². The van der Waals surface area contributed by atoms with Gasteiger partial charge in [0.25, 0.3) is 16.4 Å². The van der Waals surface area contributed by atoms with E-state index in [4.69, 9.17) is 0 Å². The lowest BCUT2D eigenvalue weighted by molar-refractivity contribution is 0.146. The number of rotatable bonds is 4. The van der Waals surface area contributed by atoms with Gasteiger partial charge < -0.3 is 0 Å². The Kier molecular flexibility index (Phi) is 5.14. The van der Waals surface area contributed by atoms with Crippen LogP contribution >= 0.6 is 0 Å². The lowest BCUT2D eigenvalue weighted by Crippen LogP contribution is -2.27. The van der Waals surface area contributed by atoms with Crippen molar-refractivity contribution in [3.05, 3.63) is 35.1 Å². The maximum absolute atomic E-state index is 13.9. The molecule has 1 rings (SSSR count). The molecule has 0 unspecified atom stereocenters. The molecule has 0 aliphatic heterocycles. The Labute approximate surface area is 120 Å². The number of nitrogens with zero attached hydrogens (tertiary/aromatic N) is 1. The van der Waals surface area contributed by atoms with Crippen molar-refractivity contribution in [3.8, 4) is 0 Å². The molecule has 0 aromatic heterocycles. The zero-order chi connectivity index (χ0) is 16.4. The molecule has 1 aromatic carbocycles. The van der Waals surface area contributed by atoms with E-state index >= 15 is 0 Å². The molecule has 0 spiro atoms. The van der Waals surface area contributed by atoms with Gasteiger partial charge in [-0.05, 0) is 20.8 Å². The minimum atomic E-state index is -4.11. The Morgan fingerprint density at radius 2 is 1.86 bits per heavy atom. The first-order valence-electron chi connectivity index (χ1n) is 5.97. The summed E-state index contributed by atoms with van der Waals surface area (Å²) in [5.41, 5.74) is -2.24. The predicted octanol–water partition coefficient (Wildman–Crippen LogP) is 3.65. The van der Waals surface area contributed by atoms with Crippen molar-refractivity contribution in [3.63, 3.8) is 0 Å². The molecular formula is C13H15F4NO2S. The van der Waals surface area contributed by atoms with Gasteiger partial charge in [-0.15, -0.1) is 0 Å². The number of halogens is 4. The van der Waals surface area contributed by atoms with Crippen LogP contribution in [0.25, 0.3) is 0 Å². The van der Waals surface area contributed by atoms with E-state index in [-0.39, 0.29) is 0 Å². The third-order valence-electron chi connectivity index (χ3n) is 2.71. The average Bonchev–Trinajstić information content (AvgIpc) is 2.34. The molecule has 21 heavy (non-hydrogen) atoms. The van der Waals surface area contributed by atoms with Crippen molar-refractivity contribution >= 4 is 15.7 Å². The van der Waals surface area contributed by atoms with Gasteiger partial charge in [-0.3, -0.25) is 0 Å². The Hall–Kier alpha value is -1.44.